The maximum absolute atomic E-state index is 12.8. The third kappa shape index (κ3) is 3.19. The molecule has 0 unspecified atom stereocenters. The fourth-order valence-corrected chi connectivity index (χ4v) is 3.71. The number of carbonyl (C=O) groups is 2. The SMILES string of the molecule is COc1ccc2c(c1)c(C1(C(=O)C(N)=O)NC=CN1)cn2Cc1ccc(Cl)cc1. The summed E-state index contributed by atoms with van der Waals surface area (Å²) in [5, 5.41) is 7.36. The number of benzene rings is 2. The maximum atomic E-state index is 12.8. The highest BCUT2D eigenvalue weighted by atomic mass is 35.5. The van der Waals surface area contributed by atoms with Gasteiger partial charge < -0.3 is 25.7 Å². The van der Waals surface area contributed by atoms with Crippen molar-refractivity contribution in [2.24, 2.45) is 5.73 Å². The van der Waals surface area contributed by atoms with Gasteiger partial charge in [0.25, 0.3) is 11.7 Å². The number of hydrogen-bond acceptors (Lipinski definition) is 5. The molecule has 0 saturated heterocycles. The van der Waals surface area contributed by atoms with Crippen molar-refractivity contribution in [3.8, 4) is 5.75 Å². The molecule has 3 aromatic rings. The van der Waals surface area contributed by atoms with Crippen LogP contribution in [-0.2, 0) is 21.8 Å². The largest absolute Gasteiger partial charge is 0.497 e. The summed E-state index contributed by atoms with van der Waals surface area (Å²) in [6.07, 6.45) is 4.99. The summed E-state index contributed by atoms with van der Waals surface area (Å²) in [4.78, 5) is 24.6. The van der Waals surface area contributed by atoms with Crippen LogP contribution in [0.5, 0.6) is 5.75 Å². The number of fused-ring (bicyclic) bond motifs is 1. The number of hydrogen-bond donors (Lipinski definition) is 3. The first-order chi connectivity index (χ1) is 13.9. The lowest BCUT2D eigenvalue weighted by atomic mass is 9.94. The second-order valence-electron chi connectivity index (χ2n) is 6.75. The number of amides is 1. The van der Waals surface area contributed by atoms with Crippen LogP contribution in [0.4, 0.5) is 0 Å². The van der Waals surface area contributed by atoms with E-state index in [0.717, 1.165) is 16.5 Å². The van der Waals surface area contributed by atoms with E-state index in [4.69, 9.17) is 22.1 Å². The van der Waals surface area contributed by atoms with Crippen LogP contribution in [0, 0.1) is 0 Å². The highest BCUT2D eigenvalue weighted by Crippen LogP contribution is 2.34. The third-order valence-electron chi connectivity index (χ3n) is 5.01. The minimum Gasteiger partial charge on any atom is -0.497 e. The van der Waals surface area contributed by atoms with Gasteiger partial charge in [0.05, 0.1) is 7.11 Å². The highest BCUT2D eigenvalue weighted by molar-refractivity contribution is 6.39. The van der Waals surface area contributed by atoms with Gasteiger partial charge in [-0.3, -0.25) is 9.59 Å². The van der Waals surface area contributed by atoms with Crippen molar-refractivity contribution in [3.63, 3.8) is 0 Å². The number of halogens is 1. The molecule has 4 N–H and O–H groups in total. The lowest BCUT2D eigenvalue weighted by Gasteiger charge is -2.27. The molecule has 1 aromatic heterocycles. The van der Waals surface area contributed by atoms with Crippen molar-refractivity contribution < 1.29 is 14.3 Å². The maximum Gasteiger partial charge on any atom is 0.289 e. The molecule has 1 aliphatic heterocycles. The summed E-state index contributed by atoms with van der Waals surface area (Å²) < 4.78 is 7.37. The minimum atomic E-state index is -1.47. The zero-order valence-electron chi connectivity index (χ0n) is 15.6. The Labute approximate surface area is 172 Å². The summed E-state index contributed by atoms with van der Waals surface area (Å²) in [6, 6.07) is 13.1. The quantitative estimate of drug-likeness (QED) is 0.541. The van der Waals surface area contributed by atoms with Crippen molar-refractivity contribution in [2.75, 3.05) is 7.11 Å². The Morgan fingerprint density at radius 3 is 2.45 bits per heavy atom. The van der Waals surface area contributed by atoms with E-state index in [1.54, 1.807) is 19.5 Å². The van der Waals surface area contributed by atoms with E-state index in [0.29, 0.717) is 22.9 Å². The van der Waals surface area contributed by atoms with Gasteiger partial charge in [0, 0.05) is 46.6 Å². The number of rotatable bonds is 6. The van der Waals surface area contributed by atoms with Crippen LogP contribution in [-0.4, -0.2) is 23.4 Å². The molecule has 7 nitrogen and oxygen atoms in total. The van der Waals surface area contributed by atoms with Gasteiger partial charge in [-0.1, -0.05) is 23.7 Å². The Balaban J connectivity index is 1.90. The normalized spacial score (nSPS) is 14.4. The zero-order chi connectivity index (χ0) is 20.6. The van der Waals surface area contributed by atoms with E-state index in [1.807, 2.05) is 53.2 Å². The Morgan fingerprint density at radius 1 is 1.14 bits per heavy atom. The molecule has 0 saturated carbocycles. The molecule has 0 atom stereocenters. The zero-order valence-corrected chi connectivity index (χ0v) is 16.4. The highest BCUT2D eigenvalue weighted by Gasteiger charge is 2.45. The van der Waals surface area contributed by atoms with Crippen molar-refractivity contribution in [1.82, 2.24) is 15.2 Å². The van der Waals surface area contributed by atoms with E-state index in [9.17, 15) is 9.59 Å². The van der Waals surface area contributed by atoms with Gasteiger partial charge >= 0.3 is 0 Å². The number of carbonyl (C=O) groups excluding carboxylic acids is 2. The van der Waals surface area contributed by atoms with Gasteiger partial charge in [-0.05, 0) is 35.9 Å². The molecule has 4 rings (SSSR count). The Kier molecular flexibility index (Phi) is 4.68. The smallest absolute Gasteiger partial charge is 0.289 e. The van der Waals surface area contributed by atoms with Gasteiger partial charge in [-0.2, -0.15) is 0 Å². The lowest BCUT2D eigenvalue weighted by Crippen LogP contribution is -2.56. The number of nitrogens with two attached hydrogens (primary N) is 1. The number of ether oxygens (including phenoxy) is 1. The number of methoxy groups -OCH3 is 1. The van der Waals surface area contributed by atoms with Crippen molar-refractivity contribution >= 4 is 34.2 Å². The molecular weight excluding hydrogens is 392 g/mol. The number of ketones is 1. The van der Waals surface area contributed by atoms with E-state index >= 15 is 0 Å². The molecule has 29 heavy (non-hydrogen) atoms. The third-order valence-corrected chi connectivity index (χ3v) is 5.26. The Hall–Kier alpha value is -3.45. The minimum absolute atomic E-state index is 0.550. The molecule has 148 valence electrons. The molecule has 0 spiro atoms. The predicted molar refractivity (Wildman–Crippen MR) is 110 cm³/mol. The van der Waals surface area contributed by atoms with Crippen molar-refractivity contribution in [1.29, 1.82) is 0 Å². The van der Waals surface area contributed by atoms with E-state index < -0.39 is 17.4 Å². The first-order valence-electron chi connectivity index (χ1n) is 8.91. The Bertz CT molecular complexity index is 1130. The van der Waals surface area contributed by atoms with Gasteiger partial charge in [0.15, 0.2) is 0 Å². The lowest BCUT2D eigenvalue weighted by molar-refractivity contribution is -0.140. The first-order valence-corrected chi connectivity index (χ1v) is 9.29. The van der Waals surface area contributed by atoms with Crippen LogP contribution in [0.3, 0.4) is 0 Å². The van der Waals surface area contributed by atoms with Crippen LogP contribution in [0.15, 0.2) is 61.1 Å². The summed E-state index contributed by atoms with van der Waals surface area (Å²) in [5.74, 6) is -1.18. The number of nitrogens with zero attached hydrogens (tertiary/aromatic N) is 1. The summed E-state index contributed by atoms with van der Waals surface area (Å²) in [6.45, 7) is 0.550. The molecule has 0 fully saturated rings. The van der Waals surface area contributed by atoms with E-state index in [-0.39, 0.29) is 0 Å². The van der Waals surface area contributed by atoms with Crippen molar-refractivity contribution in [2.45, 2.75) is 12.2 Å². The van der Waals surface area contributed by atoms with E-state index in [1.165, 1.54) is 0 Å². The summed E-state index contributed by atoms with van der Waals surface area (Å²) >= 11 is 5.99. The average molecular weight is 411 g/mol. The van der Waals surface area contributed by atoms with Gasteiger partial charge in [0.1, 0.15) is 5.75 Å². The predicted octanol–water partition coefficient (Wildman–Crippen LogP) is 2.22. The van der Waals surface area contributed by atoms with Crippen LogP contribution < -0.4 is 21.1 Å². The topological polar surface area (TPSA) is 98.4 Å². The van der Waals surface area contributed by atoms with Crippen LogP contribution in [0.25, 0.3) is 10.9 Å². The number of nitrogens with one attached hydrogen (secondary N) is 2. The molecule has 2 heterocycles. The molecular formula is C21H19ClN4O3. The van der Waals surface area contributed by atoms with Gasteiger partial charge in [0.2, 0.25) is 5.66 Å². The van der Waals surface area contributed by atoms with Gasteiger partial charge in [-0.15, -0.1) is 0 Å². The second-order valence-corrected chi connectivity index (χ2v) is 7.18. The molecule has 2 aromatic carbocycles. The molecule has 0 radical (unpaired) electrons. The second kappa shape index (κ2) is 7.18. The fourth-order valence-electron chi connectivity index (χ4n) is 3.59. The molecule has 0 aliphatic carbocycles. The number of primary amides is 1. The summed E-state index contributed by atoms with van der Waals surface area (Å²) in [5.41, 5.74) is 6.36. The van der Waals surface area contributed by atoms with E-state index in [2.05, 4.69) is 10.6 Å². The van der Waals surface area contributed by atoms with Gasteiger partial charge in [-0.25, -0.2) is 0 Å². The number of aromatic nitrogens is 1. The monoisotopic (exact) mass is 410 g/mol. The number of Topliss-reactive ketones (excluding diaryl/α,β-unsaturated/α-hetero) is 1. The molecule has 8 heteroatoms. The van der Waals surface area contributed by atoms with Crippen molar-refractivity contribution in [3.05, 3.63) is 77.2 Å². The van der Waals surface area contributed by atoms with Crippen LogP contribution in [0.2, 0.25) is 5.02 Å². The first kappa shape index (κ1) is 18.9. The fraction of sp³-hybridized carbons (Fsp3) is 0.143. The van der Waals surface area contributed by atoms with Crippen LogP contribution >= 0.6 is 11.6 Å². The molecule has 1 amide bonds. The summed E-state index contributed by atoms with van der Waals surface area (Å²) in [7, 11) is 1.57. The van der Waals surface area contributed by atoms with Crippen LogP contribution in [0.1, 0.15) is 11.1 Å². The molecule has 1 aliphatic rings. The Morgan fingerprint density at radius 2 is 1.83 bits per heavy atom. The standard InChI is InChI=1S/C21H19ClN4O3/c1-29-15-6-7-18-16(10-15)17(21(19(27)20(23)28)24-8-9-25-21)12-26(18)11-13-2-4-14(22)5-3-13/h2-10,12,24-25H,11H2,1H3,(H2,23,28). The molecule has 0 bridgehead atoms. The average Bonchev–Trinajstić information content (AvgIpc) is 3.35.